The zero-order valence-electron chi connectivity index (χ0n) is 9.75. The molecule has 0 nitrogen and oxygen atoms in total. The van der Waals surface area contributed by atoms with Gasteiger partial charge in [-0.1, -0.05) is 50.2 Å². The Kier molecular flexibility index (Phi) is 2.77. The summed E-state index contributed by atoms with van der Waals surface area (Å²) in [6.07, 6.45) is 1.21. The number of fused-ring (bicyclic) bond motifs is 1. The van der Waals surface area contributed by atoms with E-state index in [1.165, 1.54) is 28.3 Å². The molecule has 0 saturated heterocycles. The van der Waals surface area contributed by atoms with Gasteiger partial charge in [0.15, 0.2) is 0 Å². The molecule has 0 N–H and O–H groups in total. The van der Waals surface area contributed by atoms with Crippen molar-refractivity contribution in [1.29, 1.82) is 0 Å². The summed E-state index contributed by atoms with van der Waals surface area (Å²) in [7, 11) is 0. The van der Waals surface area contributed by atoms with Crippen molar-refractivity contribution in [2.24, 2.45) is 0 Å². The van der Waals surface area contributed by atoms with Gasteiger partial charge in [0.05, 0.1) is 0 Å². The van der Waals surface area contributed by atoms with Crippen LogP contribution in [0.5, 0.6) is 0 Å². The van der Waals surface area contributed by atoms with Gasteiger partial charge in [0.1, 0.15) is 0 Å². The highest BCUT2D eigenvalue weighted by Gasteiger charge is 2.08. The van der Waals surface area contributed by atoms with Gasteiger partial charge in [-0.05, 0) is 41.2 Å². The first-order valence-electron chi connectivity index (χ1n) is 5.72. The number of hydrogen-bond acceptors (Lipinski definition) is 0. The lowest BCUT2D eigenvalue weighted by Gasteiger charge is -2.14. The van der Waals surface area contributed by atoms with Crippen LogP contribution in [-0.2, 0) is 0 Å². The maximum absolute atomic E-state index is 2.30. The van der Waals surface area contributed by atoms with Crippen molar-refractivity contribution >= 4 is 10.8 Å². The van der Waals surface area contributed by atoms with E-state index in [0.717, 1.165) is 0 Å². The van der Waals surface area contributed by atoms with Gasteiger partial charge in [-0.3, -0.25) is 0 Å². The normalized spacial score (nSPS) is 13.0. The first kappa shape index (κ1) is 10.2. The third kappa shape index (κ3) is 1.77. The summed E-state index contributed by atoms with van der Waals surface area (Å²) in [4.78, 5) is 0. The first-order chi connectivity index (χ1) is 7.24. The molecular weight excluding hydrogens is 180 g/mol. The zero-order valence-corrected chi connectivity index (χ0v) is 9.75. The fourth-order valence-corrected chi connectivity index (χ4v) is 2.20. The molecule has 0 fully saturated rings. The van der Waals surface area contributed by atoms with Gasteiger partial charge >= 0.3 is 0 Å². The van der Waals surface area contributed by atoms with Crippen molar-refractivity contribution in [2.45, 2.75) is 33.1 Å². The second kappa shape index (κ2) is 4.06. The molecule has 1 unspecified atom stereocenters. The van der Waals surface area contributed by atoms with E-state index in [2.05, 4.69) is 57.2 Å². The summed E-state index contributed by atoms with van der Waals surface area (Å²) >= 11 is 0. The van der Waals surface area contributed by atoms with E-state index >= 15 is 0 Å². The highest BCUT2D eigenvalue weighted by atomic mass is 14.1. The van der Waals surface area contributed by atoms with Crippen molar-refractivity contribution in [3.8, 4) is 0 Å². The Morgan fingerprint density at radius 1 is 1.07 bits per heavy atom. The van der Waals surface area contributed by atoms with Crippen LogP contribution in [0, 0.1) is 6.92 Å². The third-order valence-corrected chi connectivity index (χ3v) is 3.38. The van der Waals surface area contributed by atoms with Crippen LogP contribution in [0.15, 0.2) is 36.4 Å². The minimum Gasteiger partial charge on any atom is -0.0648 e. The van der Waals surface area contributed by atoms with Crippen LogP contribution in [0.1, 0.15) is 37.3 Å². The summed E-state index contributed by atoms with van der Waals surface area (Å²) in [5.41, 5.74) is 2.94. The molecule has 0 spiro atoms. The number of hydrogen-bond donors (Lipinski definition) is 0. The summed E-state index contributed by atoms with van der Waals surface area (Å²) < 4.78 is 0. The predicted molar refractivity (Wildman–Crippen MR) is 67.4 cm³/mol. The fraction of sp³-hybridized carbons (Fsp3) is 0.333. The molecule has 2 aromatic carbocycles. The van der Waals surface area contributed by atoms with Crippen LogP contribution in [0.3, 0.4) is 0 Å². The van der Waals surface area contributed by atoms with Crippen molar-refractivity contribution in [1.82, 2.24) is 0 Å². The SMILES string of the molecule is CCC(C)c1ccc2ccccc2c1C. The summed E-state index contributed by atoms with van der Waals surface area (Å²) in [5.74, 6) is 0.662. The van der Waals surface area contributed by atoms with Crippen molar-refractivity contribution < 1.29 is 0 Å². The van der Waals surface area contributed by atoms with Crippen LogP contribution in [-0.4, -0.2) is 0 Å². The van der Waals surface area contributed by atoms with E-state index in [4.69, 9.17) is 0 Å². The quantitative estimate of drug-likeness (QED) is 0.658. The van der Waals surface area contributed by atoms with Gasteiger partial charge in [-0.15, -0.1) is 0 Å². The zero-order chi connectivity index (χ0) is 10.8. The molecule has 15 heavy (non-hydrogen) atoms. The second-order valence-corrected chi connectivity index (χ2v) is 4.31. The Balaban J connectivity index is 2.65. The lowest BCUT2D eigenvalue weighted by Crippen LogP contribution is -1.95. The molecule has 0 amide bonds. The molecule has 0 aromatic heterocycles. The van der Waals surface area contributed by atoms with E-state index in [1.54, 1.807) is 0 Å². The largest absolute Gasteiger partial charge is 0.0648 e. The molecule has 78 valence electrons. The number of aryl methyl sites for hydroxylation is 1. The molecule has 0 aliphatic rings. The molecule has 0 radical (unpaired) electrons. The van der Waals surface area contributed by atoms with Gasteiger partial charge in [0, 0.05) is 0 Å². The molecule has 2 aromatic rings. The molecule has 2 rings (SSSR count). The van der Waals surface area contributed by atoms with Crippen LogP contribution < -0.4 is 0 Å². The minimum absolute atomic E-state index is 0.662. The second-order valence-electron chi connectivity index (χ2n) is 4.31. The number of benzene rings is 2. The van der Waals surface area contributed by atoms with Gasteiger partial charge in [-0.25, -0.2) is 0 Å². The van der Waals surface area contributed by atoms with Crippen molar-refractivity contribution in [3.05, 3.63) is 47.5 Å². The Morgan fingerprint density at radius 2 is 1.80 bits per heavy atom. The Morgan fingerprint density at radius 3 is 2.53 bits per heavy atom. The maximum Gasteiger partial charge on any atom is -0.0152 e. The monoisotopic (exact) mass is 198 g/mol. The van der Waals surface area contributed by atoms with Gasteiger partial charge in [-0.2, -0.15) is 0 Å². The molecule has 1 atom stereocenters. The lowest BCUT2D eigenvalue weighted by atomic mass is 9.91. The van der Waals surface area contributed by atoms with Gasteiger partial charge in [0.2, 0.25) is 0 Å². The van der Waals surface area contributed by atoms with Crippen LogP contribution in [0.4, 0.5) is 0 Å². The fourth-order valence-electron chi connectivity index (χ4n) is 2.20. The smallest absolute Gasteiger partial charge is 0.0152 e. The molecule has 0 bridgehead atoms. The summed E-state index contributed by atoms with van der Waals surface area (Å²) in [5, 5.41) is 2.75. The molecule has 0 aliphatic heterocycles. The van der Waals surface area contributed by atoms with E-state index in [1.807, 2.05) is 0 Å². The Labute approximate surface area is 91.9 Å². The molecule has 0 saturated carbocycles. The average molecular weight is 198 g/mol. The van der Waals surface area contributed by atoms with Crippen LogP contribution >= 0.6 is 0 Å². The Bertz CT molecular complexity index is 468. The minimum atomic E-state index is 0.662. The average Bonchev–Trinajstić information content (AvgIpc) is 2.29. The molecule has 0 aliphatic carbocycles. The first-order valence-corrected chi connectivity index (χ1v) is 5.72. The third-order valence-electron chi connectivity index (χ3n) is 3.38. The maximum atomic E-state index is 2.30. The highest BCUT2D eigenvalue weighted by Crippen LogP contribution is 2.28. The highest BCUT2D eigenvalue weighted by molar-refractivity contribution is 5.86. The van der Waals surface area contributed by atoms with E-state index in [0.29, 0.717) is 5.92 Å². The van der Waals surface area contributed by atoms with Crippen LogP contribution in [0.2, 0.25) is 0 Å². The lowest BCUT2D eigenvalue weighted by molar-refractivity contribution is 0.730. The molecule has 0 heterocycles. The predicted octanol–water partition coefficient (Wildman–Crippen LogP) is 4.66. The van der Waals surface area contributed by atoms with Crippen molar-refractivity contribution in [3.63, 3.8) is 0 Å². The van der Waals surface area contributed by atoms with E-state index in [9.17, 15) is 0 Å². The summed E-state index contributed by atoms with van der Waals surface area (Å²) in [6.45, 7) is 6.79. The topological polar surface area (TPSA) is 0 Å². The van der Waals surface area contributed by atoms with Gasteiger partial charge < -0.3 is 0 Å². The van der Waals surface area contributed by atoms with Gasteiger partial charge in [0.25, 0.3) is 0 Å². The number of rotatable bonds is 2. The van der Waals surface area contributed by atoms with Crippen molar-refractivity contribution in [2.75, 3.05) is 0 Å². The molecular formula is C15H18. The van der Waals surface area contributed by atoms with E-state index in [-0.39, 0.29) is 0 Å². The van der Waals surface area contributed by atoms with E-state index < -0.39 is 0 Å². The van der Waals surface area contributed by atoms with Crippen LogP contribution in [0.25, 0.3) is 10.8 Å². The summed E-state index contributed by atoms with van der Waals surface area (Å²) in [6, 6.07) is 13.1. The standard InChI is InChI=1S/C15H18/c1-4-11(2)14-10-9-13-7-5-6-8-15(13)12(14)3/h5-11H,4H2,1-3H3. The molecule has 0 heteroatoms. The Hall–Kier alpha value is -1.30.